The molecule has 6 heteroatoms. The van der Waals surface area contributed by atoms with Crippen LogP contribution in [0.1, 0.15) is 11.1 Å². The van der Waals surface area contributed by atoms with Crippen LogP contribution in [-0.2, 0) is 6.54 Å². The Balaban J connectivity index is 2.50. The normalized spacial score (nSPS) is 12.5. The van der Waals surface area contributed by atoms with Crippen molar-refractivity contribution in [2.45, 2.75) is 19.1 Å². The van der Waals surface area contributed by atoms with Gasteiger partial charge in [-0.15, -0.1) is 0 Å². The van der Waals surface area contributed by atoms with Gasteiger partial charge in [-0.3, -0.25) is 0 Å². The molecule has 1 aromatic rings. The Morgan fingerprint density at radius 2 is 2.12 bits per heavy atom. The predicted octanol–water partition coefficient (Wildman–Crippen LogP) is 1.41. The number of benzene rings is 1. The van der Waals surface area contributed by atoms with Crippen LogP contribution < -0.4 is 5.32 Å². The number of aliphatic hydroxyl groups excluding tert-OH is 1. The van der Waals surface area contributed by atoms with E-state index in [1.807, 2.05) is 0 Å². The van der Waals surface area contributed by atoms with Crippen molar-refractivity contribution in [1.82, 2.24) is 5.32 Å². The summed E-state index contributed by atoms with van der Waals surface area (Å²) in [5.41, 5.74) is 0.448. The van der Waals surface area contributed by atoms with Crippen LogP contribution in [0.5, 0.6) is 0 Å². The number of nitriles is 1. The van der Waals surface area contributed by atoms with Gasteiger partial charge in [0.2, 0.25) is 0 Å². The van der Waals surface area contributed by atoms with Crippen LogP contribution in [-0.4, -0.2) is 24.2 Å². The molecule has 1 aromatic carbocycles. The van der Waals surface area contributed by atoms with E-state index in [0.717, 1.165) is 6.07 Å². The zero-order valence-corrected chi connectivity index (χ0v) is 8.83. The van der Waals surface area contributed by atoms with E-state index in [9.17, 15) is 13.2 Å². The third-order valence-electron chi connectivity index (χ3n) is 2.14. The summed E-state index contributed by atoms with van der Waals surface area (Å²) in [4.78, 5) is 0. The van der Waals surface area contributed by atoms with E-state index in [0.29, 0.717) is 0 Å². The maximum absolute atomic E-state index is 13.3. The molecule has 1 unspecified atom stereocenters. The lowest BCUT2D eigenvalue weighted by molar-refractivity contribution is -0.00343. The fourth-order valence-electron chi connectivity index (χ4n) is 1.20. The first kappa shape index (κ1) is 13.5. The van der Waals surface area contributed by atoms with Crippen LogP contribution in [0.2, 0.25) is 0 Å². The van der Waals surface area contributed by atoms with Gasteiger partial charge < -0.3 is 10.4 Å². The van der Waals surface area contributed by atoms with Gasteiger partial charge in [0.1, 0.15) is 11.9 Å². The molecule has 0 bridgehead atoms. The van der Waals surface area contributed by atoms with Crippen LogP contribution in [0.25, 0.3) is 0 Å². The molecule has 1 rings (SSSR count). The molecule has 0 radical (unpaired) electrons. The van der Waals surface area contributed by atoms with Crippen LogP contribution >= 0.6 is 0 Å². The second-order valence-corrected chi connectivity index (χ2v) is 3.45. The molecule has 17 heavy (non-hydrogen) atoms. The number of alkyl halides is 2. The van der Waals surface area contributed by atoms with Crippen molar-refractivity contribution >= 4 is 0 Å². The molecule has 0 fully saturated rings. The summed E-state index contributed by atoms with van der Waals surface area (Å²) in [6.07, 6.45) is -4.59. The summed E-state index contributed by atoms with van der Waals surface area (Å²) in [5, 5.41) is 19.8. The number of aliphatic hydroxyl groups is 1. The van der Waals surface area contributed by atoms with Gasteiger partial charge in [0.05, 0.1) is 11.6 Å². The summed E-state index contributed by atoms with van der Waals surface area (Å²) in [6.45, 7) is -0.307. The molecule has 0 aliphatic heterocycles. The van der Waals surface area contributed by atoms with Crippen molar-refractivity contribution in [1.29, 1.82) is 5.26 Å². The number of hydrogen-bond donors (Lipinski definition) is 2. The minimum Gasteiger partial charge on any atom is -0.386 e. The molecule has 0 aliphatic rings. The lowest BCUT2D eigenvalue weighted by atomic mass is 10.1. The van der Waals surface area contributed by atoms with E-state index < -0.39 is 18.3 Å². The predicted molar refractivity (Wildman–Crippen MR) is 54.8 cm³/mol. The van der Waals surface area contributed by atoms with Crippen LogP contribution in [0.3, 0.4) is 0 Å². The Kier molecular flexibility index (Phi) is 4.94. The molecule has 0 spiro atoms. The van der Waals surface area contributed by atoms with Crippen LogP contribution in [0.15, 0.2) is 18.2 Å². The first-order valence-corrected chi connectivity index (χ1v) is 4.90. The first-order chi connectivity index (χ1) is 8.04. The Bertz CT molecular complexity index is 418. The first-order valence-electron chi connectivity index (χ1n) is 4.90. The smallest absolute Gasteiger partial charge is 0.265 e. The van der Waals surface area contributed by atoms with E-state index in [4.69, 9.17) is 10.4 Å². The molecule has 0 saturated heterocycles. The Morgan fingerprint density at radius 1 is 1.41 bits per heavy atom. The number of nitrogens with zero attached hydrogens (tertiary/aromatic N) is 1. The maximum atomic E-state index is 13.3. The third-order valence-corrected chi connectivity index (χ3v) is 2.14. The number of hydrogen-bond acceptors (Lipinski definition) is 3. The van der Waals surface area contributed by atoms with Crippen molar-refractivity contribution < 1.29 is 18.3 Å². The second-order valence-electron chi connectivity index (χ2n) is 3.45. The van der Waals surface area contributed by atoms with E-state index in [1.165, 1.54) is 12.1 Å². The van der Waals surface area contributed by atoms with Crippen molar-refractivity contribution in [3.63, 3.8) is 0 Å². The molecule has 92 valence electrons. The molecule has 3 nitrogen and oxygen atoms in total. The molecule has 2 N–H and O–H groups in total. The Hall–Kier alpha value is -1.58. The molecule has 1 atom stereocenters. The minimum atomic E-state index is -2.83. The van der Waals surface area contributed by atoms with Gasteiger partial charge in [-0.05, 0) is 12.1 Å². The largest absolute Gasteiger partial charge is 0.386 e. The Labute approximate surface area is 96.5 Å². The van der Waals surface area contributed by atoms with Gasteiger partial charge in [0, 0.05) is 18.7 Å². The topological polar surface area (TPSA) is 56.0 Å². The zero-order valence-electron chi connectivity index (χ0n) is 8.83. The number of nitrogens with one attached hydrogen (secondary N) is 1. The average Bonchev–Trinajstić information content (AvgIpc) is 2.30. The van der Waals surface area contributed by atoms with Gasteiger partial charge in [-0.1, -0.05) is 6.07 Å². The van der Waals surface area contributed by atoms with Crippen LogP contribution in [0, 0.1) is 17.1 Å². The standard InChI is InChI=1S/C11H11F3N2O/c12-9-3-7(4-15)1-2-8(9)5-16-6-10(17)11(13)14/h1-3,10-11,16-17H,5-6H2. The monoisotopic (exact) mass is 244 g/mol. The van der Waals surface area contributed by atoms with E-state index >= 15 is 0 Å². The summed E-state index contributed by atoms with van der Waals surface area (Å²) in [5.74, 6) is -0.580. The summed E-state index contributed by atoms with van der Waals surface area (Å²) in [6, 6.07) is 5.69. The Morgan fingerprint density at radius 3 is 2.65 bits per heavy atom. The van der Waals surface area contributed by atoms with E-state index in [-0.39, 0.29) is 24.2 Å². The molecule has 0 heterocycles. The third kappa shape index (κ3) is 4.06. The lowest BCUT2D eigenvalue weighted by Gasteiger charge is -2.11. The van der Waals surface area contributed by atoms with Gasteiger partial charge in [-0.2, -0.15) is 5.26 Å². The highest BCUT2D eigenvalue weighted by Gasteiger charge is 2.15. The molecule has 0 aromatic heterocycles. The minimum absolute atomic E-state index is 0.0152. The van der Waals surface area contributed by atoms with Crippen molar-refractivity contribution in [2.24, 2.45) is 0 Å². The molecule has 0 aliphatic carbocycles. The van der Waals surface area contributed by atoms with Crippen molar-refractivity contribution in [3.05, 3.63) is 35.1 Å². The van der Waals surface area contributed by atoms with E-state index in [2.05, 4.69) is 5.32 Å². The molecule has 0 saturated carbocycles. The highest BCUT2D eigenvalue weighted by Crippen LogP contribution is 2.09. The van der Waals surface area contributed by atoms with Crippen LogP contribution in [0.4, 0.5) is 13.2 Å². The summed E-state index contributed by atoms with van der Waals surface area (Å²) < 4.78 is 37.2. The quantitative estimate of drug-likeness (QED) is 0.823. The zero-order chi connectivity index (χ0) is 12.8. The molecular weight excluding hydrogens is 233 g/mol. The average molecular weight is 244 g/mol. The lowest BCUT2D eigenvalue weighted by Crippen LogP contribution is -2.31. The number of halogens is 3. The van der Waals surface area contributed by atoms with Gasteiger partial charge in [0.15, 0.2) is 0 Å². The summed E-state index contributed by atoms with van der Waals surface area (Å²) in [7, 11) is 0. The fraction of sp³-hybridized carbons (Fsp3) is 0.364. The highest BCUT2D eigenvalue weighted by molar-refractivity contribution is 5.32. The molecular formula is C11H11F3N2O. The van der Waals surface area contributed by atoms with Gasteiger partial charge in [0.25, 0.3) is 6.43 Å². The second kappa shape index (κ2) is 6.23. The maximum Gasteiger partial charge on any atom is 0.265 e. The van der Waals surface area contributed by atoms with Gasteiger partial charge in [-0.25, -0.2) is 13.2 Å². The number of rotatable bonds is 5. The van der Waals surface area contributed by atoms with Gasteiger partial charge >= 0.3 is 0 Å². The fourth-order valence-corrected chi connectivity index (χ4v) is 1.20. The SMILES string of the molecule is N#Cc1ccc(CNCC(O)C(F)F)c(F)c1. The van der Waals surface area contributed by atoms with Crippen molar-refractivity contribution in [3.8, 4) is 6.07 Å². The highest BCUT2D eigenvalue weighted by atomic mass is 19.3. The van der Waals surface area contributed by atoms with E-state index in [1.54, 1.807) is 6.07 Å². The van der Waals surface area contributed by atoms with Crippen molar-refractivity contribution in [2.75, 3.05) is 6.54 Å². The summed E-state index contributed by atoms with van der Waals surface area (Å²) >= 11 is 0. The molecule has 0 amide bonds.